The normalized spacial score (nSPS) is 25.0. The first-order valence-electron chi connectivity index (χ1n) is 6.56. The molecule has 11 heteroatoms. The van der Waals surface area contributed by atoms with Gasteiger partial charge in [-0.15, -0.1) is 6.42 Å². The summed E-state index contributed by atoms with van der Waals surface area (Å²) in [6.07, 6.45) is -1.43. The third kappa shape index (κ3) is 3.44. The van der Waals surface area contributed by atoms with Gasteiger partial charge in [-0.1, -0.05) is 5.92 Å². The van der Waals surface area contributed by atoms with Gasteiger partial charge in [-0.05, 0) is 6.07 Å². The van der Waals surface area contributed by atoms with Crippen LogP contribution in [0.4, 0.5) is 19.4 Å². The third-order valence-corrected chi connectivity index (χ3v) is 3.12. The summed E-state index contributed by atoms with van der Waals surface area (Å²) in [5.41, 5.74) is 4.20. The van der Waals surface area contributed by atoms with E-state index in [1.807, 2.05) is 5.92 Å². The van der Waals surface area contributed by atoms with E-state index in [0.29, 0.717) is 4.57 Å². The van der Waals surface area contributed by atoms with Crippen LogP contribution in [0.5, 0.6) is 0 Å². The summed E-state index contributed by atoms with van der Waals surface area (Å²) in [4.78, 5) is 26.1. The SMILES string of the molecule is C#CCOC(=O)OC[C@H]1O[C@@H](n2ccc(N)nc2=O)C(F)(F)[C@@H]1O. The van der Waals surface area contributed by atoms with Crippen LogP contribution in [0.3, 0.4) is 0 Å². The number of nitrogens with zero attached hydrogens (tertiary/aromatic N) is 2. The Hall–Kier alpha value is -2.71. The smallest absolute Gasteiger partial charge is 0.431 e. The number of rotatable bonds is 4. The second-order valence-corrected chi connectivity index (χ2v) is 4.74. The number of halogens is 2. The molecule has 3 N–H and O–H groups in total. The van der Waals surface area contributed by atoms with Crippen LogP contribution in [0, 0.1) is 12.3 Å². The van der Waals surface area contributed by atoms with E-state index in [1.165, 1.54) is 0 Å². The summed E-state index contributed by atoms with van der Waals surface area (Å²) < 4.78 is 42.7. The van der Waals surface area contributed by atoms with Crippen LogP contribution >= 0.6 is 0 Å². The van der Waals surface area contributed by atoms with Gasteiger partial charge in [-0.25, -0.2) is 9.59 Å². The molecule has 1 fully saturated rings. The Bertz CT molecular complexity index is 716. The lowest BCUT2D eigenvalue weighted by molar-refractivity contribution is -0.141. The van der Waals surface area contributed by atoms with Gasteiger partial charge < -0.3 is 25.1 Å². The molecule has 0 amide bonds. The summed E-state index contributed by atoms with van der Waals surface area (Å²) in [5, 5.41) is 9.68. The molecule has 0 unspecified atom stereocenters. The molecule has 1 aromatic rings. The molecule has 2 rings (SSSR count). The van der Waals surface area contributed by atoms with E-state index in [-0.39, 0.29) is 12.4 Å². The summed E-state index contributed by atoms with van der Waals surface area (Å²) >= 11 is 0. The number of nitrogen functional groups attached to an aromatic ring is 1. The zero-order valence-corrected chi connectivity index (χ0v) is 12.1. The highest BCUT2D eigenvalue weighted by atomic mass is 19.3. The summed E-state index contributed by atoms with van der Waals surface area (Å²) in [7, 11) is 0. The Morgan fingerprint density at radius 2 is 2.29 bits per heavy atom. The number of nitrogens with two attached hydrogens (primary N) is 1. The van der Waals surface area contributed by atoms with Crippen molar-refractivity contribution in [3.8, 4) is 12.3 Å². The van der Waals surface area contributed by atoms with Gasteiger partial charge in [-0.3, -0.25) is 4.57 Å². The highest BCUT2D eigenvalue weighted by Gasteiger charge is 2.60. The molecule has 3 atom stereocenters. The number of carbonyl (C=O) groups is 1. The molecule has 9 nitrogen and oxygen atoms in total. The topological polar surface area (TPSA) is 126 Å². The van der Waals surface area contributed by atoms with E-state index in [1.54, 1.807) is 0 Å². The average Bonchev–Trinajstić information content (AvgIpc) is 2.74. The van der Waals surface area contributed by atoms with Crippen LogP contribution < -0.4 is 11.4 Å². The number of terminal acetylenes is 1. The number of alkyl halides is 2. The van der Waals surface area contributed by atoms with E-state index in [9.17, 15) is 23.5 Å². The minimum atomic E-state index is -3.83. The van der Waals surface area contributed by atoms with Crippen molar-refractivity contribution in [3.05, 3.63) is 22.7 Å². The van der Waals surface area contributed by atoms with Crippen LogP contribution in [0.1, 0.15) is 6.23 Å². The lowest BCUT2D eigenvalue weighted by atomic mass is 10.1. The van der Waals surface area contributed by atoms with E-state index in [2.05, 4.69) is 14.5 Å². The van der Waals surface area contributed by atoms with Gasteiger partial charge in [-0.2, -0.15) is 13.8 Å². The number of anilines is 1. The Kier molecular flexibility index (Phi) is 5.01. The standard InChI is InChI=1S/C13H13F2N3O6/c1-2-5-22-12(21)23-6-7-9(19)13(14,15)10(24-7)18-4-3-8(16)17-11(18)20/h1,3-4,7,9-10,19H,5-6H2,(H2,16,17,20)/t7-,9-,10-/m1/s1. The maximum absolute atomic E-state index is 14.2. The van der Waals surface area contributed by atoms with Crippen molar-refractivity contribution in [1.29, 1.82) is 0 Å². The van der Waals surface area contributed by atoms with Crippen molar-refractivity contribution in [2.24, 2.45) is 0 Å². The monoisotopic (exact) mass is 345 g/mol. The molecular formula is C13H13F2N3O6. The Morgan fingerprint density at radius 3 is 2.92 bits per heavy atom. The Balaban J connectivity index is 2.11. The summed E-state index contributed by atoms with van der Waals surface area (Å²) in [6.45, 7) is -1.09. The molecule has 0 aliphatic carbocycles. The molecule has 1 aromatic heterocycles. The van der Waals surface area contributed by atoms with E-state index in [0.717, 1.165) is 12.3 Å². The van der Waals surface area contributed by atoms with Gasteiger partial charge in [0.15, 0.2) is 12.7 Å². The lowest BCUT2D eigenvalue weighted by Gasteiger charge is -2.20. The fraction of sp³-hybridized carbons (Fsp3) is 0.462. The Labute approximate surface area is 133 Å². The first kappa shape index (κ1) is 17.6. The molecule has 0 saturated carbocycles. The maximum Gasteiger partial charge on any atom is 0.509 e. The van der Waals surface area contributed by atoms with Crippen LogP contribution in [-0.2, 0) is 14.2 Å². The van der Waals surface area contributed by atoms with Crippen LogP contribution in [0.2, 0.25) is 0 Å². The molecule has 1 aliphatic rings. The molecular weight excluding hydrogens is 332 g/mol. The van der Waals surface area contributed by atoms with Crippen molar-refractivity contribution in [3.63, 3.8) is 0 Å². The fourth-order valence-electron chi connectivity index (χ4n) is 2.00. The largest absolute Gasteiger partial charge is 0.509 e. The number of hydrogen-bond acceptors (Lipinski definition) is 8. The predicted octanol–water partition coefficient (Wildman–Crippen LogP) is -0.495. The number of aliphatic hydroxyl groups excluding tert-OH is 1. The Morgan fingerprint density at radius 1 is 1.58 bits per heavy atom. The molecule has 130 valence electrons. The van der Waals surface area contributed by atoms with Gasteiger partial charge >= 0.3 is 17.8 Å². The molecule has 0 spiro atoms. The molecule has 0 radical (unpaired) electrons. The van der Waals surface area contributed by atoms with Crippen molar-refractivity contribution < 1.29 is 32.9 Å². The quantitative estimate of drug-likeness (QED) is 0.553. The third-order valence-electron chi connectivity index (χ3n) is 3.12. The van der Waals surface area contributed by atoms with Crippen LogP contribution in [0.25, 0.3) is 0 Å². The number of aromatic nitrogens is 2. The number of hydrogen-bond donors (Lipinski definition) is 2. The van der Waals surface area contributed by atoms with Gasteiger partial charge in [0.1, 0.15) is 18.5 Å². The number of aliphatic hydroxyl groups is 1. The van der Waals surface area contributed by atoms with Crippen molar-refractivity contribution in [1.82, 2.24) is 9.55 Å². The minimum Gasteiger partial charge on any atom is -0.431 e. The first-order chi connectivity index (χ1) is 11.3. The highest BCUT2D eigenvalue weighted by Crippen LogP contribution is 2.42. The number of ether oxygens (including phenoxy) is 3. The van der Waals surface area contributed by atoms with Crippen molar-refractivity contribution in [2.75, 3.05) is 18.9 Å². The second kappa shape index (κ2) is 6.81. The fourth-order valence-corrected chi connectivity index (χ4v) is 2.00. The maximum atomic E-state index is 14.2. The molecule has 0 aromatic carbocycles. The highest BCUT2D eigenvalue weighted by molar-refractivity contribution is 5.60. The van der Waals surface area contributed by atoms with Gasteiger partial charge in [0.2, 0.25) is 6.23 Å². The van der Waals surface area contributed by atoms with E-state index < -0.39 is 42.8 Å². The number of carbonyl (C=O) groups excluding carboxylic acids is 1. The van der Waals surface area contributed by atoms with Crippen LogP contribution in [-0.4, -0.2) is 52.2 Å². The van der Waals surface area contributed by atoms with E-state index in [4.69, 9.17) is 16.9 Å². The van der Waals surface area contributed by atoms with Gasteiger partial charge in [0.05, 0.1) is 0 Å². The van der Waals surface area contributed by atoms with Gasteiger partial charge in [0, 0.05) is 6.20 Å². The zero-order chi connectivity index (χ0) is 17.9. The first-order valence-corrected chi connectivity index (χ1v) is 6.56. The predicted molar refractivity (Wildman–Crippen MR) is 73.9 cm³/mol. The molecule has 1 saturated heterocycles. The van der Waals surface area contributed by atoms with Crippen molar-refractivity contribution >= 4 is 12.0 Å². The summed E-state index contributed by atoms with van der Waals surface area (Å²) in [5.74, 6) is -1.98. The van der Waals surface area contributed by atoms with Gasteiger partial charge in [0.25, 0.3) is 0 Å². The van der Waals surface area contributed by atoms with Crippen molar-refractivity contribution in [2.45, 2.75) is 24.4 Å². The molecule has 1 aliphatic heterocycles. The minimum absolute atomic E-state index is 0.158. The zero-order valence-electron chi connectivity index (χ0n) is 12.1. The molecule has 24 heavy (non-hydrogen) atoms. The van der Waals surface area contributed by atoms with E-state index >= 15 is 0 Å². The average molecular weight is 345 g/mol. The van der Waals surface area contributed by atoms with Crippen LogP contribution in [0.15, 0.2) is 17.1 Å². The molecule has 2 heterocycles. The summed E-state index contributed by atoms with van der Waals surface area (Å²) in [6, 6.07) is 1.12. The lowest BCUT2D eigenvalue weighted by Crippen LogP contribution is -2.42. The second-order valence-electron chi connectivity index (χ2n) is 4.74. The molecule has 0 bridgehead atoms.